The van der Waals surface area contributed by atoms with Crippen LogP contribution in [0.4, 0.5) is 4.79 Å². The maximum Gasteiger partial charge on any atom is 0.315 e. The number of carbonyl (C=O) groups is 4. The van der Waals surface area contributed by atoms with Crippen LogP contribution in [0.5, 0.6) is 11.6 Å². The van der Waals surface area contributed by atoms with Crippen molar-refractivity contribution < 1.29 is 41.8 Å². The van der Waals surface area contributed by atoms with Gasteiger partial charge in [0, 0.05) is 31.0 Å². The van der Waals surface area contributed by atoms with Crippen LogP contribution in [0.25, 0.3) is 10.8 Å². The lowest BCUT2D eigenvalue weighted by atomic mass is 9.85. The molecule has 1 saturated heterocycles. The fourth-order valence-corrected chi connectivity index (χ4v) is 7.77. The standard InChI is InChI=1S/C35H48N6O9S/c1-8-22-17-35(22,32(44)40-51(46,47)25-10-11-25)39-29(42)27-16-24(50-30-26-12-9-23(49-7)15-21(26)13-14-36-30)18-41(27)31(43)28(34(3,4)5)38-33(45)37-20(2)19-48-6/h8-9,12-15,20,22,24-25,27-28H,1,10-11,16-19H2,2-7H3,(H,39,42)(H,40,44)(H2,37,38,45)/t20-,22+,24+,27-,28+,35+/m0/s1. The monoisotopic (exact) mass is 728 g/mol. The Hall–Kier alpha value is -4.44. The average Bonchev–Trinajstić information content (AvgIpc) is 3.99. The first-order valence-corrected chi connectivity index (χ1v) is 18.5. The molecule has 2 aliphatic carbocycles. The average molecular weight is 729 g/mol. The number of rotatable bonds is 14. The molecule has 2 saturated carbocycles. The lowest BCUT2D eigenvalue weighted by Crippen LogP contribution is -2.61. The number of urea groups is 1. The van der Waals surface area contributed by atoms with Crippen LogP contribution in [0.1, 0.15) is 53.4 Å². The van der Waals surface area contributed by atoms with Crippen molar-refractivity contribution in [3.05, 3.63) is 43.1 Å². The van der Waals surface area contributed by atoms with E-state index in [0.717, 1.165) is 5.39 Å². The largest absolute Gasteiger partial charge is 0.497 e. The molecule has 278 valence electrons. The second-order valence-electron chi connectivity index (χ2n) is 14.6. The first kappa shape index (κ1) is 37.8. The molecule has 15 nitrogen and oxygen atoms in total. The molecule has 3 aliphatic rings. The van der Waals surface area contributed by atoms with Crippen LogP contribution in [-0.2, 0) is 29.1 Å². The topological polar surface area (TPSA) is 194 Å². The van der Waals surface area contributed by atoms with E-state index in [0.29, 0.717) is 29.9 Å². The highest BCUT2D eigenvalue weighted by molar-refractivity contribution is 7.91. The van der Waals surface area contributed by atoms with E-state index in [2.05, 4.69) is 32.2 Å². The molecule has 51 heavy (non-hydrogen) atoms. The van der Waals surface area contributed by atoms with Crippen LogP contribution in [0.2, 0.25) is 0 Å². The predicted molar refractivity (Wildman–Crippen MR) is 188 cm³/mol. The van der Waals surface area contributed by atoms with Crippen molar-refractivity contribution in [3.8, 4) is 11.6 Å². The van der Waals surface area contributed by atoms with Crippen LogP contribution in [-0.4, -0.2) is 104 Å². The van der Waals surface area contributed by atoms with E-state index in [1.165, 1.54) is 18.1 Å². The van der Waals surface area contributed by atoms with Gasteiger partial charge >= 0.3 is 6.03 Å². The van der Waals surface area contributed by atoms with Gasteiger partial charge in [0.15, 0.2) is 0 Å². The van der Waals surface area contributed by atoms with Gasteiger partial charge in [0.25, 0.3) is 5.91 Å². The van der Waals surface area contributed by atoms with Crippen LogP contribution < -0.4 is 30.1 Å². The van der Waals surface area contributed by atoms with Crippen molar-refractivity contribution in [1.29, 1.82) is 0 Å². The van der Waals surface area contributed by atoms with Crippen molar-refractivity contribution in [1.82, 2.24) is 30.6 Å². The number of hydrogen-bond acceptors (Lipinski definition) is 10. The lowest BCUT2D eigenvalue weighted by molar-refractivity contribution is -0.142. The Morgan fingerprint density at radius 3 is 2.47 bits per heavy atom. The SMILES string of the molecule is C=C[C@@H]1C[C@]1(NC(=O)[C@@H]1C[C@@H](Oc2nccc3cc(OC)ccc23)CN1C(=O)[C@@H](NC(=O)N[C@@H](C)COC)C(C)(C)C)C(=O)NS(=O)(=O)C1CC1. The molecular weight excluding hydrogens is 680 g/mol. The summed E-state index contributed by atoms with van der Waals surface area (Å²) in [6.07, 6.45) is 3.45. The first-order valence-electron chi connectivity index (χ1n) is 17.0. The minimum Gasteiger partial charge on any atom is -0.497 e. The molecule has 2 aromatic rings. The Morgan fingerprint density at radius 2 is 1.86 bits per heavy atom. The summed E-state index contributed by atoms with van der Waals surface area (Å²) in [5.41, 5.74) is -2.35. The highest BCUT2D eigenvalue weighted by Gasteiger charge is 2.62. The first-order chi connectivity index (χ1) is 24.0. The van der Waals surface area contributed by atoms with Gasteiger partial charge in [-0.1, -0.05) is 26.8 Å². The summed E-state index contributed by atoms with van der Waals surface area (Å²) in [4.78, 5) is 60.9. The van der Waals surface area contributed by atoms with Gasteiger partial charge in [0.2, 0.25) is 27.7 Å². The number of amides is 5. The van der Waals surface area contributed by atoms with E-state index in [-0.39, 0.29) is 32.0 Å². The van der Waals surface area contributed by atoms with Crippen molar-refractivity contribution in [2.45, 2.75) is 88.4 Å². The van der Waals surface area contributed by atoms with E-state index in [4.69, 9.17) is 14.2 Å². The van der Waals surface area contributed by atoms with E-state index < -0.39 is 74.1 Å². The second-order valence-corrected chi connectivity index (χ2v) is 16.6. The molecule has 1 aliphatic heterocycles. The fourth-order valence-electron chi connectivity index (χ4n) is 6.40. The van der Waals surface area contributed by atoms with Crippen LogP contribution in [0, 0.1) is 11.3 Å². The molecule has 0 bridgehead atoms. The van der Waals surface area contributed by atoms with Gasteiger partial charge in [-0.05, 0) is 61.3 Å². The third kappa shape index (κ3) is 8.38. The minimum atomic E-state index is -3.90. The number of carbonyl (C=O) groups excluding carboxylic acids is 4. The molecule has 5 rings (SSSR count). The zero-order valence-electron chi connectivity index (χ0n) is 29.9. The Bertz CT molecular complexity index is 1790. The number of sulfonamides is 1. The highest BCUT2D eigenvalue weighted by Crippen LogP contribution is 2.45. The summed E-state index contributed by atoms with van der Waals surface area (Å²) < 4.78 is 44.3. The summed E-state index contributed by atoms with van der Waals surface area (Å²) in [6, 6.07) is 4.07. The van der Waals surface area contributed by atoms with E-state index >= 15 is 0 Å². The second kappa shape index (κ2) is 14.7. The maximum atomic E-state index is 14.5. The number of ether oxygens (including phenoxy) is 3. The number of benzene rings is 1. The van der Waals surface area contributed by atoms with Crippen molar-refractivity contribution >= 4 is 44.5 Å². The Kier molecular flexibility index (Phi) is 10.9. The molecule has 5 amide bonds. The third-order valence-electron chi connectivity index (χ3n) is 9.49. The summed E-state index contributed by atoms with van der Waals surface area (Å²) in [5, 5.41) is 9.18. The fraction of sp³-hybridized carbons (Fsp3) is 0.571. The van der Waals surface area contributed by atoms with Gasteiger partial charge in [-0.3, -0.25) is 19.1 Å². The molecule has 6 atom stereocenters. The molecule has 3 fully saturated rings. The van der Waals surface area contributed by atoms with Crippen molar-refractivity contribution in [2.75, 3.05) is 27.4 Å². The highest BCUT2D eigenvalue weighted by atomic mass is 32.2. The van der Waals surface area contributed by atoms with Gasteiger partial charge in [0.05, 0.1) is 31.6 Å². The minimum absolute atomic E-state index is 0.0244. The molecule has 16 heteroatoms. The number of nitrogens with zero attached hydrogens (tertiary/aromatic N) is 2. The molecule has 1 aromatic heterocycles. The maximum absolute atomic E-state index is 14.5. The molecule has 0 radical (unpaired) electrons. The molecule has 2 heterocycles. The number of methoxy groups -OCH3 is 2. The Labute approximate surface area is 298 Å². The lowest BCUT2D eigenvalue weighted by Gasteiger charge is -2.35. The predicted octanol–water partition coefficient (Wildman–Crippen LogP) is 2.01. The van der Waals surface area contributed by atoms with Crippen LogP contribution in [0.15, 0.2) is 43.1 Å². The molecule has 1 aromatic carbocycles. The normalized spacial score (nSPS) is 24.2. The number of likely N-dealkylation sites (tertiary alicyclic amines) is 1. The van der Waals surface area contributed by atoms with E-state index in [1.54, 1.807) is 47.1 Å². The summed E-state index contributed by atoms with van der Waals surface area (Å²) in [7, 11) is -0.818. The van der Waals surface area contributed by atoms with Crippen molar-refractivity contribution in [2.24, 2.45) is 11.3 Å². The zero-order chi connectivity index (χ0) is 37.3. The van der Waals surface area contributed by atoms with Gasteiger partial charge in [0.1, 0.15) is 29.5 Å². The Morgan fingerprint density at radius 1 is 1.14 bits per heavy atom. The third-order valence-corrected chi connectivity index (χ3v) is 11.3. The summed E-state index contributed by atoms with van der Waals surface area (Å²) in [6.45, 7) is 11.1. The smallest absolute Gasteiger partial charge is 0.315 e. The zero-order valence-corrected chi connectivity index (χ0v) is 30.7. The van der Waals surface area contributed by atoms with Crippen LogP contribution >= 0.6 is 0 Å². The van der Waals surface area contributed by atoms with Gasteiger partial charge in [-0.25, -0.2) is 18.2 Å². The molecule has 0 unspecified atom stereocenters. The number of hydrogen-bond donors (Lipinski definition) is 4. The molecule has 4 N–H and O–H groups in total. The number of pyridine rings is 1. The number of fused-ring (bicyclic) bond motifs is 1. The quantitative estimate of drug-likeness (QED) is 0.209. The number of aromatic nitrogens is 1. The summed E-state index contributed by atoms with van der Waals surface area (Å²) in [5.74, 6) is -1.63. The molecular formula is C35H48N6O9S. The van der Waals surface area contributed by atoms with E-state index in [9.17, 15) is 27.6 Å². The van der Waals surface area contributed by atoms with Gasteiger partial charge in [-0.2, -0.15) is 0 Å². The van der Waals surface area contributed by atoms with Crippen molar-refractivity contribution in [3.63, 3.8) is 0 Å². The van der Waals surface area contributed by atoms with E-state index in [1.807, 2.05) is 18.2 Å². The Balaban J connectivity index is 1.43. The van der Waals surface area contributed by atoms with Gasteiger partial charge in [-0.15, -0.1) is 6.58 Å². The summed E-state index contributed by atoms with van der Waals surface area (Å²) >= 11 is 0. The van der Waals surface area contributed by atoms with Crippen LogP contribution in [0.3, 0.4) is 0 Å². The molecule has 0 spiro atoms. The van der Waals surface area contributed by atoms with Gasteiger partial charge < -0.3 is 35.1 Å². The number of nitrogens with one attached hydrogen (secondary N) is 4.